The second-order valence-electron chi connectivity index (χ2n) is 5.60. The number of hydrogen-bond acceptors (Lipinski definition) is 3. The average molecular weight is 308 g/mol. The van der Waals surface area contributed by atoms with Crippen LogP contribution in [0.2, 0.25) is 5.02 Å². The van der Waals surface area contributed by atoms with E-state index < -0.39 is 0 Å². The third-order valence-corrected chi connectivity index (χ3v) is 3.45. The Bertz CT molecular complexity index is 593. The Labute approximate surface area is 131 Å². The van der Waals surface area contributed by atoms with Gasteiger partial charge in [-0.3, -0.25) is 4.68 Å². The predicted octanol–water partition coefficient (Wildman–Crippen LogP) is 4.41. The molecule has 0 spiro atoms. The second kappa shape index (κ2) is 6.96. The van der Waals surface area contributed by atoms with Crippen LogP contribution in [0.4, 0.5) is 0 Å². The highest BCUT2D eigenvalue weighted by atomic mass is 35.5. The molecule has 0 saturated carbocycles. The molecule has 0 fully saturated rings. The molecule has 4 nitrogen and oxygen atoms in total. The minimum Gasteiger partial charge on any atom is -0.454 e. The molecule has 1 N–H and O–H groups in total. The monoisotopic (exact) mass is 307 g/mol. The maximum absolute atomic E-state index is 6.29. The van der Waals surface area contributed by atoms with Gasteiger partial charge >= 0.3 is 0 Å². The third kappa shape index (κ3) is 4.22. The Morgan fingerprint density at radius 3 is 2.67 bits per heavy atom. The van der Waals surface area contributed by atoms with Crippen molar-refractivity contribution in [2.24, 2.45) is 0 Å². The number of nitrogens with one attached hydrogen (secondary N) is 1. The van der Waals surface area contributed by atoms with Crippen molar-refractivity contribution in [3.63, 3.8) is 0 Å². The van der Waals surface area contributed by atoms with E-state index >= 15 is 0 Å². The summed E-state index contributed by atoms with van der Waals surface area (Å²) in [6, 6.07) is 6.39. The van der Waals surface area contributed by atoms with Gasteiger partial charge in [0.1, 0.15) is 5.75 Å². The van der Waals surface area contributed by atoms with E-state index in [-0.39, 0.29) is 0 Å². The maximum Gasteiger partial charge on any atom is 0.165 e. The van der Waals surface area contributed by atoms with Crippen molar-refractivity contribution in [1.82, 2.24) is 15.1 Å². The van der Waals surface area contributed by atoms with Gasteiger partial charge in [-0.15, -0.1) is 0 Å². The largest absolute Gasteiger partial charge is 0.454 e. The third-order valence-electron chi connectivity index (χ3n) is 3.10. The van der Waals surface area contributed by atoms with Gasteiger partial charge in [-0.2, -0.15) is 5.10 Å². The Morgan fingerprint density at radius 2 is 2.05 bits per heavy atom. The lowest BCUT2D eigenvalue weighted by Gasteiger charge is -2.14. The zero-order valence-corrected chi connectivity index (χ0v) is 13.7. The first-order valence-corrected chi connectivity index (χ1v) is 7.58. The molecule has 0 aliphatic heterocycles. The SMILES string of the molecule is CC(C)NCc1c(Cl)cccc1Oc1cnn(C(C)C)c1. The zero-order valence-electron chi connectivity index (χ0n) is 12.9. The maximum atomic E-state index is 6.29. The number of rotatable bonds is 6. The minimum absolute atomic E-state index is 0.309. The number of aromatic nitrogens is 2. The summed E-state index contributed by atoms with van der Waals surface area (Å²) in [5.74, 6) is 1.48. The summed E-state index contributed by atoms with van der Waals surface area (Å²) >= 11 is 6.29. The smallest absolute Gasteiger partial charge is 0.165 e. The van der Waals surface area contributed by atoms with Gasteiger partial charge in [0.2, 0.25) is 0 Å². The molecule has 1 heterocycles. The van der Waals surface area contributed by atoms with Crippen LogP contribution in [0.15, 0.2) is 30.6 Å². The number of ether oxygens (including phenoxy) is 1. The van der Waals surface area contributed by atoms with Crippen molar-refractivity contribution in [2.75, 3.05) is 0 Å². The second-order valence-corrected chi connectivity index (χ2v) is 6.01. The highest BCUT2D eigenvalue weighted by Crippen LogP contribution is 2.30. The first kappa shape index (κ1) is 15.9. The molecule has 0 unspecified atom stereocenters. The Hall–Kier alpha value is -1.52. The van der Waals surface area contributed by atoms with Gasteiger partial charge in [-0.25, -0.2) is 0 Å². The Morgan fingerprint density at radius 1 is 1.29 bits per heavy atom. The van der Waals surface area contributed by atoms with E-state index in [0.29, 0.717) is 23.7 Å². The van der Waals surface area contributed by atoms with E-state index in [0.717, 1.165) is 17.1 Å². The van der Waals surface area contributed by atoms with Crippen LogP contribution in [0.25, 0.3) is 0 Å². The van der Waals surface area contributed by atoms with E-state index in [1.807, 2.05) is 29.1 Å². The van der Waals surface area contributed by atoms with Crippen LogP contribution in [0.5, 0.6) is 11.5 Å². The molecule has 21 heavy (non-hydrogen) atoms. The topological polar surface area (TPSA) is 39.1 Å². The molecule has 0 amide bonds. The van der Waals surface area contributed by atoms with Crippen LogP contribution in [0, 0.1) is 0 Å². The summed E-state index contributed by atoms with van der Waals surface area (Å²) in [6.45, 7) is 9.03. The summed E-state index contributed by atoms with van der Waals surface area (Å²) in [6.07, 6.45) is 3.62. The fourth-order valence-corrected chi connectivity index (χ4v) is 2.13. The van der Waals surface area contributed by atoms with E-state index in [1.165, 1.54) is 0 Å². The first-order chi connectivity index (χ1) is 9.97. The van der Waals surface area contributed by atoms with Crippen LogP contribution >= 0.6 is 11.6 Å². The lowest BCUT2D eigenvalue weighted by atomic mass is 10.2. The van der Waals surface area contributed by atoms with Gasteiger partial charge in [0.15, 0.2) is 5.75 Å². The zero-order chi connectivity index (χ0) is 15.4. The highest BCUT2D eigenvalue weighted by molar-refractivity contribution is 6.31. The molecule has 0 saturated heterocycles. The summed E-state index contributed by atoms with van der Waals surface area (Å²) in [7, 11) is 0. The summed E-state index contributed by atoms with van der Waals surface area (Å²) in [5, 5.41) is 8.35. The minimum atomic E-state index is 0.309. The molecule has 0 radical (unpaired) electrons. The van der Waals surface area contributed by atoms with Crippen LogP contribution in [-0.2, 0) is 6.54 Å². The summed E-state index contributed by atoms with van der Waals surface area (Å²) < 4.78 is 7.81. The number of benzene rings is 1. The molecule has 2 aromatic rings. The van der Waals surface area contributed by atoms with Crippen molar-refractivity contribution in [3.8, 4) is 11.5 Å². The number of nitrogens with zero attached hydrogens (tertiary/aromatic N) is 2. The number of hydrogen-bond donors (Lipinski definition) is 1. The fraction of sp³-hybridized carbons (Fsp3) is 0.438. The van der Waals surface area contributed by atoms with Gasteiger partial charge in [-0.1, -0.05) is 31.5 Å². The van der Waals surface area contributed by atoms with Gasteiger partial charge in [0.25, 0.3) is 0 Å². The highest BCUT2D eigenvalue weighted by Gasteiger charge is 2.11. The molecule has 0 bridgehead atoms. The normalized spacial score (nSPS) is 11.4. The van der Waals surface area contributed by atoms with Crippen LogP contribution in [0.3, 0.4) is 0 Å². The van der Waals surface area contributed by atoms with E-state index in [2.05, 4.69) is 38.1 Å². The molecule has 1 aromatic heterocycles. The van der Waals surface area contributed by atoms with Crippen LogP contribution in [0.1, 0.15) is 39.3 Å². The molecule has 5 heteroatoms. The van der Waals surface area contributed by atoms with Crippen molar-refractivity contribution >= 4 is 11.6 Å². The van der Waals surface area contributed by atoms with Gasteiger partial charge in [0, 0.05) is 29.2 Å². The molecule has 1 aromatic carbocycles. The predicted molar refractivity (Wildman–Crippen MR) is 86.1 cm³/mol. The standard InChI is InChI=1S/C16H22ClN3O/c1-11(2)18-9-14-15(17)6-5-7-16(14)21-13-8-19-20(10-13)12(3)4/h5-8,10-12,18H,9H2,1-4H3. The number of halogens is 1. The Kier molecular flexibility index (Phi) is 5.26. The van der Waals surface area contributed by atoms with Gasteiger partial charge < -0.3 is 10.1 Å². The fourth-order valence-electron chi connectivity index (χ4n) is 1.89. The van der Waals surface area contributed by atoms with Crippen molar-refractivity contribution < 1.29 is 4.74 Å². The molecule has 0 atom stereocenters. The molecule has 2 rings (SSSR count). The molecule has 114 valence electrons. The molecule has 0 aliphatic carbocycles. The molecular weight excluding hydrogens is 286 g/mol. The summed E-state index contributed by atoms with van der Waals surface area (Å²) in [5.41, 5.74) is 0.963. The van der Waals surface area contributed by atoms with E-state index in [9.17, 15) is 0 Å². The molecule has 0 aliphatic rings. The van der Waals surface area contributed by atoms with Crippen molar-refractivity contribution in [1.29, 1.82) is 0 Å². The van der Waals surface area contributed by atoms with Gasteiger partial charge in [-0.05, 0) is 26.0 Å². The quantitative estimate of drug-likeness (QED) is 0.859. The first-order valence-electron chi connectivity index (χ1n) is 7.20. The average Bonchev–Trinajstić information content (AvgIpc) is 2.86. The van der Waals surface area contributed by atoms with Crippen molar-refractivity contribution in [3.05, 3.63) is 41.2 Å². The summed E-state index contributed by atoms with van der Waals surface area (Å²) in [4.78, 5) is 0. The van der Waals surface area contributed by atoms with Crippen LogP contribution in [-0.4, -0.2) is 15.8 Å². The van der Waals surface area contributed by atoms with Crippen LogP contribution < -0.4 is 10.1 Å². The lowest BCUT2D eigenvalue weighted by molar-refractivity contribution is 0.465. The van der Waals surface area contributed by atoms with Crippen molar-refractivity contribution in [2.45, 2.75) is 46.3 Å². The van der Waals surface area contributed by atoms with E-state index in [1.54, 1.807) is 6.20 Å². The lowest BCUT2D eigenvalue weighted by Crippen LogP contribution is -2.22. The van der Waals surface area contributed by atoms with E-state index in [4.69, 9.17) is 16.3 Å². The van der Waals surface area contributed by atoms with Gasteiger partial charge in [0.05, 0.1) is 12.4 Å². The molecular formula is C16H22ClN3O. The Balaban J connectivity index is 2.20.